The third-order valence-electron chi connectivity index (χ3n) is 7.07. The number of ether oxygens (including phenoxy) is 5. The van der Waals surface area contributed by atoms with Crippen molar-refractivity contribution in [3.8, 4) is 0 Å². The maximum Gasteiger partial charge on any atom is 0.338 e. The van der Waals surface area contributed by atoms with Crippen molar-refractivity contribution in [1.29, 1.82) is 0 Å². The second kappa shape index (κ2) is 15.9. The van der Waals surface area contributed by atoms with Crippen LogP contribution in [0.5, 0.6) is 0 Å². The van der Waals surface area contributed by atoms with Crippen LogP contribution in [0.4, 0.5) is 0 Å². The van der Waals surface area contributed by atoms with Gasteiger partial charge in [-0.25, -0.2) is 19.2 Å². The minimum Gasteiger partial charge on any atom is -0.459 e. The molecule has 0 bridgehead atoms. The van der Waals surface area contributed by atoms with Crippen molar-refractivity contribution in [2.45, 2.75) is 36.8 Å². The number of hydrogen-bond donors (Lipinski definition) is 0. The van der Waals surface area contributed by atoms with Gasteiger partial charge in [-0.3, -0.25) is 0 Å². The molecule has 0 amide bonds. The molecule has 1 heterocycles. The van der Waals surface area contributed by atoms with Gasteiger partial charge in [-0.2, -0.15) is 0 Å². The lowest BCUT2D eigenvalue weighted by Gasteiger charge is -2.44. The highest BCUT2D eigenvalue weighted by Crippen LogP contribution is 2.35. The smallest absolute Gasteiger partial charge is 0.338 e. The van der Waals surface area contributed by atoms with Crippen molar-refractivity contribution < 1.29 is 42.9 Å². The molecule has 2 unspecified atom stereocenters. The highest BCUT2D eigenvalue weighted by atomic mass is 32.2. The highest BCUT2D eigenvalue weighted by Gasteiger charge is 2.53. The van der Waals surface area contributed by atoms with Crippen LogP contribution < -0.4 is 0 Å². The predicted molar refractivity (Wildman–Crippen MR) is 170 cm³/mol. The zero-order valence-corrected chi connectivity index (χ0v) is 25.7. The molecule has 0 spiro atoms. The first kappa shape index (κ1) is 32.5. The SMILES string of the molecule is CCS[C@@H]1OC(COC(=O)c2ccccc2)[C@@H](OC(=O)c2ccccc2)C(OC(=O)c2ccccc2)[C@@H]1OC(=O)c1ccccc1. The van der Waals surface area contributed by atoms with Crippen LogP contribution in [0.15, 0.2) is 121 Å². The molecule has 1 aliphatic rings. The number of hydrogen-bond acceptors (Lipinski definition) is 10. The van der Waals surface area contributed by atoms with Crippen LogP contribution in [0.3, 0.4) is 0 Å². The van der Waals surface area contributed by atoms with Gasteiger partial charge in [-0.1, -0.05) is 79.7 Å². The van der Waals surface area contributed by atoms with E-state index in [1.54, 1.807) is 121 Å². The minimum absolute atomic E-state index is 0.235. The standard InChI is InChI=1S/C36H32O9S/c1-2-46-36-31(45-35(40)27-21-13-6-14-22-27)30(44-34(39)26-19-11-5-12-20-26)29(43-33(38)25-17-9-4-10-18-25)28(42-36)23-41-32(37)24-15-7-3-8-16-24/h3-22,28-31,36H,2,23H2,1H3/t28?,29-,30?,31+,36+/m1/s1. The average molecular weight is 641 g/mol. The second-order valence-electron chi connectivity index (χ2n) is 10.2. The van der Waals surface area contributed by atoms with Crippen LogP contribution in [0.1, 0.15) is 48.4 Å². The van der Waals surface area contributed by atoms with Crippen LogP contribution in [0.2, 0.25) is 0 Å². The summed E-state index contributed by atoms with van der Waals surface area (Å²) in [6.07, 6.45) is -4.98. The minimum atomic E-state index is -1.34. The van der Waals surface area contributed by atoms with Gasteiger partial charge in [0, 0.05) is 0 Å². The first-order chi connectivity index (χ1) is 22.4. The molecule has 0 aliphatic carbocycles. The van der Waals surface area contributed by atoms with Crippen molar-refractivity contribution >= 4 is 35.6 Å². The Morgan fingerprint density at radius 3 is 1.33 bits per heavy atom. The Balaban J connectivity index is 1.52. The van der Waals surface area contributed by atoms with Crippen LogP contribution in [0.25, 0.3) is 0 Å². The molecule has 0 radical (unpaired) electrons. The summed E-state index contributed by atoms with van der Waals surface area (Å²) < 4.78 is 30.0. The van der Waals surface area contributed by atoms with Gasteiger partial charge in [0.25, 0.3) is 0 Å². The highest BCUT2D eigenvalue weighted by molar-refractivity contribution is 7.99. The van der Waals surface area contributed by atoms with E-state index in [0.717, 1.165) is 0 Å². The Morgan fingerprint density at radius 2 is 0.913 bits per heavy atom. The first-order valence-electron chi connectivity index (χ1n) is 14.7. The largest absolute Gasteiger partial charge is 0.459 e. The molecule has 9 nitrogen and oxygen atoms in total. The van der Waals surface area contributed by atoms with E-state index in [-0.39, 0.29) is 23.3 Å². The molecule has 5 atom stereocenters. The lowest BCUT2D eigenvalue weighted by atomic mass is 9.98. The quantitative estimate of drug-likeness (QED) is 0.143. The lowest BCUT2D eigenvalue weighted by Crippen LogP contribution is -2.61. The van der Waals surface area contributed by atoms with Crippen LogP contribution in [-0.4, -0.2) is 66.1 Å². The van der Waals surface area contributed by atoms with E-state index in [2.05, 4.69) is 0 Å². The number of thioether (sulfide) groups is 1. The molecule has 1 fully saturated rings. The van der Waals surface area contributed by atoms with E-state index in [4.69, 9.17) is 23.7 Å². The predicted octanol–water partition coefficient (Wildman–Crippen LogP) is 6.00. The van der Waals surface area contributed by atoms with Gasteiger partial charge in [0.2, 0.25) is 0 Å². The van der Waals surface area contributed by atoms with Crippen LogP contribution in [-0.2, 0) is 23.7 Å². The number of carbonyl (C=O) groups is 4. The fourth-order valence-corrected chi connectivity index (χ4v) is 5.78. The topological polar surface area (TPSA) is 114 Å². The Labute approximate surface area is 270 Å². The van der Waals surface area contributed by atoms with Gasteiger partial charge in [0.15, 0.2) is 18.3 Å². The van der Waals surface area contributed by atoms with Gasteiger partial charge >= 0.3 is 23.9 Å². The third kappa shape index (κ3) is 8.21. The summed E-state index contributed by atoms with van der Waals surface area (Å²) in [5.41, 5.74) is 0.184. The average Bonchev–Trinajstić information content (AvgIpc) is 3.11. The summed E-state index contributed by atoms with van der Waals surface area (Å²) in [6.45, 7) is 1.54. The van der Waals surface area contributed by atoms with Crippen molar-refractivity contribution in [1.82, 2.24) is 0 Å². The summed E-state index contributed by atoms with van der Waals surface area (Å²) in [7, 11) is 0. The summed E-state index contributed by atoms with van der Waals surface area (Å²) in [4.78, 5) is 53.2. The number of benzene rings is 4. The molecular weight excluding hydrogens is 608 g/mol. The molecule has 4 aromatic rings. The molecular formula is C36H32O9S. The van der Waals surface area contributed by atoms with Gasteiger partial charge in [0.1, 0.15) is 18.1 Å². The zero-order valence-electron chi connectivity index (χ0n) is 24.9. The lowest BCUT2D eigenvalue weighted by molar-refractivity contribution is -0.207. The molecule has 1 aliphatic heterocycles. The Hall–Kier alpha value is -4.93. The fourth-order valence-electron chi connectivity index (χ4n) is 4.83. The number of esters is 4. The molecule has 1 saturated heterocycles. The molecule has 4 aromatic carbocycles. The van der Waals surface area contributed by atoms with Gasteiger partial charge < -0.3 is 23.7 Å². The van der Waals surface area contributed by atoms with E-state index in [0.29, 0.717) is 11.3 Å². The van der Waals surface area contributed by atoms with Gasteiger partial charge in [0.05, 0.1) is 22.3 Å². The maximum absolute atomic E-state index is 13.5. The normalized spacial score (nSPS) is 20.6. The Kier molecular flexibility index (Phi) is 11.2. The van der Waals surface area contributed by atoms with E-state index in [1.807, 2.05) is 6.92 Å². The summed E-state index contributed by atoms with van der Waals surface area (Å²) in [5.74, 6) is -2.22. The number of carbonyl (C=O) groups excluding carboxylic acids is 4. The molecule has 236 valence electrons. The van der Waals surface area contributed by atoms with E-state index < -0.39 is 53.7 Å². The van der Waals surface area contributed by atoms with E-state index >= 15 is 0 Å². The van der Waals surface area contributed by atoms with Crippen molar-refractivity contribution in [3.63, 3.8) is 0 Å². The molecule has 0 N–H and O–H groups in total. The maximum atomic E-state index is 13.5. The summed E-state index contributed by atoms with van der Waals surface area (Å²) >= 11 is 1.30. The van der Waals surface area contributed by atoms with Gasteiger partial charge in [-0.05, 0) is 54.3 Å². The van der Waals surface area contributed by atoms with E-state index in [1.165, 1.54) is 11.8 Å². The monoisotopic (exact) mass is 640 g/mol. The summed E-state index contributed by atoms with van der Waals surface area (Å²) in [5, 5.41) is 0. The third-order valence-corrected chi connectivity index (χ3v) is 8.11. The Bertz CT molecular complexity index is 1600. The summed E-state index contributed by atoms with van der Waals surface area (Å²) in [6, 6.07) is 33.3. The van der Waals surface area contributed by atoms with E-state index in [9.17, 15) is 19.2 Å². The molecule has 0 aromatic heterocycles. The molecule has 5 rings (SSSR count). The van der Waals surface area contributed by atoms with Crippen LogP contribution in [0, 0.1) is 0 Å². The molecule has 0 saturated carbocycles. The van der Waals surface area contributed by atoms with Gasteiger partial charge in [-0.15, -0.1) is 11.8 Å². The fraction of sp³-hybridized carbons (Fsp3) is 0.222. The number of rotatable bonds is 11. The van der Waals surface area contributed by atoms with Crippen molar-refractivity contribution in [2.24, 2.45) is 0 Å². The van der Waals surface area contributed by atoms with Crippen molar-refractivity contribution in [2.75, 3.05) is 12.4 Å². The van der Waals surface area contributed by atoms with Crippen LogP contribution >= 0.6 is 11.8 Å². The zero-order chi connectivity index (χ0) is 32.3. The van der Waals surface area contributed by atoms with Crippen molar-refractivity contribution in [3.05, 3.63) is 144 Å². The Morgan fingerprint density at radius 1 is 0.543 bits per heavy atom. The first-order valence-corrected chi connectivity index (χ1v) is 15.8. The molecule has 46 heavy (non-hydrogen) atoms. The molecule has 10 heteroatoms. The second-order valence-corrected chi connectivity index (χ2v) is 11.5.